The Kier molecular flexibility index (Phi) is 6.72. The predicted octanol–water partition coefficient (Wildman–Crippen LogP) is 4.64. The number of likely N-dealkylation sites (tertiary alicyclic amines) is 1. The molecule has 0 spiro atoms. The zero-order valence-electron chi connectivity index (χ0n) is 19.7. The zero-order valence-corrected chi connectivity index (χ0v) is 19.7. The first-order valence-electron chi connectivity index (χ1n) is 11.8. The average molecular weight is 476 g/mol. The minimum Gasteiger partial charge on any atom is -0.496 e. The number of aromatic carboxylic acids is 1. The van der Waals surface area contributed by atoms with Crippen LogP contribution in [0.25, 0.3) is 11.0 Å². The summed E-state index contributed by atoms with van der Waals surface area (Å²) >= 11 is 0. The number of piperidine rings is 1. The van der Waals surface area contributed by atoms with Gasteiger partial charge in [0.1, 0.15) is 29.3 Å². The lowest BCUT2D eigenvalue weighted by Gasteiger charge is -2.31. The first-order chi connectivity index (χ1) is 17.1. The third-order valence-corrected chi connectivity index (χ3v) is 6.71. The highest BCUT2D eigenvalue weighted by atomic mass is 16.5. The Morgan fingerprint density at radius 1 is 1.17 bits per heavy atom. The second-order valence-corrected chi connectivity index (χ2v) is 8.82. The van der Waals surface area contributed by atoms with Crippen LogP contribution in [0.2, 0.25) is 0 Å². The quantitative estimate of drug-likeness (QED) is 0.377. The van der Waals surface area contributed by atoms with Crippen molar-refractivity contribution < 1.29 is 23.8 Å². The van der Waals surface area contributed by atoms with Gasteiger partial charge in [-0.15, -0.1) is 0 Å². The molecule has 182 valence electrons. The molecule has 1 N–H and O–H groups in total. The molecule has 0 radical (unpaired) electrons. The van der Waals surface area contributed by atoms with Gasteiger partial charge in [-0.05, 0) is 67.7 Å². The molecule has 35 heavy (non-hydrogen) atoms. The van der Waals surface area contributed by atoms with Crippen molar-refractivity contribution in [3.05, 3.63) is 78.0 Å². The normalized spacial score (nSPS) is 14.9. The summed E-state index contributed by atoms with van der Waals surface area (Å²) in [6.45, 7) is 3.83. The number of carbonyl (C=O) groups is 1. The number of carboxylic acids is 1. The summed E-state index contributed by atoms with van der Waals surface area (Å²) in [5.74, 6) is 0.0584. The van der Waals surface area contributed by atoms with Crippen LogP contribution in [-0.2, 0) is 6.54 Å². The standard InChI is InChI=1S/C27H29N3O5/c1-33-23-5-2-6-24(25(23)27(31)32)35-15-13-29-11-7-20(8-12-29)22-17-30(16-19-9-14-34-18-19)26-21(22)4-3-10-28-26/h2-6,9-10,14,17-18,20H,7-8,11-13,15-16H2,1H3,(H,31,32). The first kappa shape index (κ1) is 23.0. The number of hydrogen-bond acceptors (Lipinski definition) is 6. The summed E-state index contributed by atoms with van der Waals surface area (Å²) in [6, 6.07) is 11.2. The van der Waals surface area contributed by atoms with Crippen LogP contribution in [0.15, 0.2) is 65.7 Å². The molecule has 8 nitrogen and oxygen atoms in total. The highest BCUT2D eigenvalue weighted by Crippen LogP contribution is 2.34. The third-order valence-electron chi connectivity index (χ3n) is 6.71. The maximum atomic E-state index is 11.6. The van der Waals surface area contributed by atoms with E-state index in [0.717, 1.165) is 50.2 Å². The van der Waals surface area contributed by atoms with Crippen molar-refractivity contribution in [2.24, 2.45) is 0 Å². The van der Waals surface area contributed by atoms with E-state index in [1.807, 2.05) is 18.3 Å². The van der Waals surface area contributed by atoms with E-state index >= 15 is 0 Å². The number of pyridine rings is 1. The van der Waals surface area contributed by atoms with Gasteiger partial charge in [-0.25, -0.2) is 9.78 Å². The summed E-state index contributed by atoms with van der Waals surface area (Å²) in [5.41, 5.74) is 3.55. The van der Waals surface area contributed by atoms with Gasteiger partial charge in [-0.3, -0.25) is 4.90 Å². The average Bonchev–Trinajstić information content (AvgIpc) is 3.53. The molecule has 0 amide bonds. The van der Waals surface area contributed by atoms with Crippen LogP contribution < -0.4 is 9.47 Å². The molecule has 1 aliphatic heterocycles. The lowest BCUT2D eigenvalue weighted by molar-refractivity contribution is 0.0687. The molecule has 4 aromatic rings. The molecule has 5 rings (SSSR count). The molecule has 0 atom stereocenters. The van der Waals surface area contributed by atoms with Gasteiger partial charge in [-0.2, -0.15) is 0 Å². The van der Waals surface area contributed by atoms with Gasteiger partial charge in [0.2, 0.25) is 0 Å². The van der Waals surface area contributed by atoms with E-state index in [-0.39, 0.29) is 5.56 Å². The zero-order chi connectivity index (χ0) is 24.2. The van der Waals surface area contributed by atoms with Crippen molar-refractivity contribution in [1.29, 1.82) is 0 Å². The number of carboxylic acid groups (broad SMARTS) is 1. The van der Waals surface area contributed by atoms with Crippen molar-refractivity contribution in [2.75, 3.05) is 33.4 Å². The van der Waals surface area contributed by atoms with Crippen molar-refractivity contribution in [3.8, 4) is 11.5 Å². The summed E-state index contributed by atoms with van der Waals surface area (Å²) in [7, 11) is 1.46. The lowest BCUT2D eigenvalue weighted by atomic mass is 9.89. The van der Waals surface area contributed by atoms with Crippen LogP contribution in [0.5, 0.6) is 11.5 Å². The fraction of sp³-hybridized carbons (Fsp3) is 0.333. The number of methoxy groups -OCH3 is 1. The fourth-order valence-corrected chi connectivity index (χ4v) is 4.94. The second-order valence-electron chi connectivity index (χ2n) is 8.82. The number of nitrogens with zero attached hydrogens (tertiary/aromatic N) is 3. The molecule has 1 saturated heterocycles. The van der Waals surface area contributed by atoms with Crippen LogP contribution in [0.3, 0.4) is 0 Å². The Bertz CT molecular complexity index is 1290. The topological polar surface area (TPSA) is 90.0 Å². The van der Waals surface area contributed by atoms with Gasteiger partial charge >= 0.3 is 5.97 Å². The van der Waals surface area contributed by atoms with Crippen LogP contribution >= 0.6 is 0 Å². The van der Waals surface area contributed by atoms with E-state index in [4.69, 9.17) is 13.9 Å². The number of rotatable bonds is 9. The summed E-state index contributed by atoms with van der Waals surface area (Å²) in [4.78, 5) is 18.7. The van der Waals surface area contributed by atoms with E-state index in [1.54, 1.807) is 30.7 Å². The van der Waals surface area contributed by atoms with Crippen molar-refractivity contribution >= 4 is 17.0 Å². The monoisotopic (exact) mass is 475 g/mol. The van der Waals surface area contributed by atoms with Gasteiger partial charge in [0.25, 0.3) is 0 Å². The molecule has 1 aliphatic rings. The Balaban J connectivity index is 1.21. The molecular weight excluding hydrogens is 446 g/mol. The minimum atomic E-state index is -1.06. The van der Waals surface area contributed by atoms with Gasteiger partial charge < -0.3 is 23.6 Å². The van der Waals surface area contributed by atoms with Crippen LogP contribution in [0, 0.1) is 0 Å². The summed E-state index contributed by atoms with van der Waals surface area (Å²) in [6.07, 6.45) is 9.69. The Hall–Kier alpha value is -3.78. The number of fused-ring (bicyclic) bond motifs is 1. The second kappa shape index (κ2) is 10.2. The van der Waals surface area contributed by atoms with Crippen molar-refractivity contribution in [2.45, 2.75) is 25.3 Å². The molecule has 0 saturated carbocycles. The highest BCUT2D eigenvalue weighted by Gasteiger charge is 2.24. The van der Waals surface area contributed by atoms with Crippen molar-refractivity contribution in [3.63, 3.8) is 0 Å². The molecule has 3 aromatic heterocycles. The molecular formula is C27H29N3O5. The summed E-state index contributed by atoms with van der Waals surface area (Å²) < 4.78 is 18.5. The predicted molar refractivity (Wildman–Crippen MR) is 131 cm³/mol. The number of furan rings is 1. The van der Waals surface area contributed by atoms with Gasteiger partial charge in [-0.1, -0.05) is 6.07 Å². The van der Waals surface area contributed by atoms with Crippen LogP contribution in [0.1, 0.15) is 40.2 Å². The fourth-order valence-electron chi connectivity index (χ4n) is 4.94. The number of benzene rings is 1. The van der Waals surface area contributed by atoms with E-state index < -0.39 is 5.97 Å². The lowest BCUT2D eigenvalue weighted by Crippen LogP contribution is -2.35. The largest absolute Gasteiger partial charge is 0.496 e. The van der Waals surface area contributed by atoms with Gasteiger partial charge in [0.15, 0.2) is 0 Å². The minimum absolute atomic E-state index is 0.0640. The smallest absolute Gasteiger partial charge is 0.343 e. The Morgan fingerprint density at radius 2 is 2.00 bits per heavy atom. The summed E-state index contributed by atoms with van der Waals surface area (Å²) in [5, 5.41) is 10.7. The molecule has 4 heterocycles. The van der Waals surface area contributed by atoms with Gasteiger partial charge in [0.05, 0.1) is 26.2 Å². The van der Waals surface area contributed by atoms with E-state index in [2.05, 4.69) is 26.7 Å². The molecule has 8 heteroatoms. The van der Waals surface area contributed by atoms with E-state index in [9.17, 15) is 9.90 Å². The molecule has 1 fully saturated rings. The van der Waals surface area contributed by atoms with Crippen molar-refractivity contribution in [1.82, 2.24) is 14.5 Å². The van der Waals surface area contributed by atoms with Gasteiger partial charge in [0, 0.05) is 29.9 Å². The molecule has 1 aromatic carbocycles. The number of ether oxygens (including phenoxy) is 2. The maximum Gasteiger partial charge on any atom is 0.343 e. The highest BCUT2D eigenvalue weighted by molar-refractivity contribution is 5.94. The first-order valence-corrected chi connectivity index (χ1v) is 11.8. The number of hydrogen-bond donors (Lipinski definition) is 1. The SMILES string of the molecule is COc1cccc(OCCN2CCC(c3cn(Cc4ccoc4)c4ncccc34)CC2)c1C(=O)O. The molecule has 0 bridgehead atoms. The maximum absolute atomic E-state index is 11.6. The van der Waals surface area contributed by atoms with Crippen LogP contribution in [0.4, 0.5) is 0 Å². The number of aromatic nitrogens is 2. The van der Waals surface area contributed by atoms with E-state index in [1.165, 1.54) is 18.1 Å². The Labute approximate surface area is 203 Å². The molecule has 0 aliphatic carbocycles. The van der Waals surface area contributed by atoms with Crippen LogP contribution in [-0.4, -0.2) is 58.9 Å². The molecule has 0 unspecified atom stereocenters. The third kappa shape index (κ3) is 4.88. The Morgan fingerprint density at radius 3 is 2.74 bits per heavy atom. The van der Waals surface area contributed by atoms with E-state index in [0.29, 0.717) is 24.0 Å².